The van der Waals surface area contributed by atoms with Gasteiger partial charge in [0.2, 0.25) is 0 Å². The SMILES string of the molecule is CC1CO[TeH](C)(C)(C)O1. The Labute approximate surface area is 58.6 Å². The van der Waals surface area contributed by atoms with E-state index in [9.17, 15) is 0 Å². The van der Waals surface area contributed by atoms with Crippen molar-refractivity contribution in [2.75, 3.05) is 6.61 Å². The van der Waals surface area contributed by atoms with Gasteiger partial charge in [-0.05, 0) is 0 Å². The van der Waals surface area contributed by atoms with Gasteiger partial charge in [-0.1, -0.05) is 0 Å². The second-order valence-electron chi connectivity index (χ2n) is 3.72. The van der Waals surface area contributed by atoms with Crippen LogP contribution in [0.5, 0.6) is 0 Å². The maximum atomic E-state index is 5.72. The number of hydrogen-bond donors (Lipinski definition) is 0. The Morgan fingerprint density at radius 2 is 1.89 bits per heavy atom. The van der Waals surface area contributed by atoms with Crippen LogP contribution in [0.3, 0.4) is 0 Å². The van der Waals surface area contributed by atoms with E-state index in [4.69, 9.17) is 6.20 Å². The summed E-state index contributed by atoms with van der Waals surface area (Å²) >= 11 is -2.78. The molecular weight excluding hydrogens is 232 g/mol. The molecule has 0 aromatic heterocycles. The number of hydrogen-bond acceptors (Lipinski definition) is 2. The summed E-state index contributed by atoms with van der Waals surface area (Å²) in [5.74, 6) is 0. The van der Waals surface area contributed by atoms with E-state index in [1.807, 2.05) is 0 Å². The van der Waals surface area contributed by atoms with Gasteiger partial charge in [-0.3, -0.25) is 0 Å². The fraction of sp³-hybridized carbons (Fsp3) is 1.00. The van der Waals surface area contributed by atoms with Crippen molar-refractivity contribution >= 4 is 17.6 Å². The Balaban J connectivity index is 2.67. The summed E-state index contributed by atoms with van der Waals surface area (Å²) < 4.78 is 11.3. The van der Waals surface area contributed by atoms with Crippen LogP contribution in [0.15, 0.2) is 0 Å². The molecule has 1 saturated heterocycles. The average molecular weight is 248 g/mol. The van der Waals surface area contributed by atoms with E-state index in [0.717, 1.165) is 6.61 Å². The first-order valence-corrected chi connectivity index (χ1v) is 13.0. The quantitative estimate of drug-likeness (QED) is 0.603. The van der Waals surface area contributed by atoms with E-state index in [1.54, 1.807) is 0 Å². The molecule has 58 valence electrons. The molecule has 0 saturated carbocycles. The molecule has 0 aromatic carbocycles. The maximum absolute atomic E-state index is 5.72. The Hall–Kier alpha value is 0.710. The van der Waals surface area contributed by atoms with Crippen LogP contribution in [0.2, 0.25) is 14.9 Å². The van der Waals surface area contributed by atoms with Crippen molar-refractivity contribution in [3.05, 3.63) is 0 Å². The molecule has 1 fully saturated rings. The van der Waals surface area contributed by atoms with Crippen molar-refractivity contribution in [2.24, 2.45) is 0 Å². The van der Waals surface area contributed by atoms with Crippen molar-refractivity contribution in [2.45, 2.75) is 27.9 Å². The topological polar surface area (TPSA) is 18.5 Å². The molecule has 0 aliphatic carbocycles. The van der Waals surface area contributed by atoms with E-state index in [0.29, 0.717) is 6.10 Å². The van der Waals surface area contributed by atoms with Gasteiger partial charge in [-0.15, -0.1) is 0 Å². The molecule has 3 heteroatoms. The summed E-state index contributed by atoms with van der Waals surface area (Å²) in [5.41, 5.74) is 0. The van der Waals surface area contributed by atoms with Gasteiger partial charge >= 0.3 is 58.4 Å². The van der Waals surface area contributed by atoms with E-state index in [-0.39, 0.29) is 0 Å². The van der Waals surface area contributed by atoms with E-state index < -0.39 is 17.6 Å². The molecular formula is C6H16O2Te. The summed E-state index contributed by atoms with van der Waals surface area (Å²) in [6.07, 6.45) is 0.326. The zero-order chi connectivity index (χ0) is 7.15. The summed E-state index contributed by atoms with van der Waals surface area (Å²) in [5, 5.41) is 0. The third kappa shape index (κ3) is 2.09. The third-order valence-corrected chi connectivity index (χ3v) is 7.30. The molecule has 1 aliphatic rings. The van der Waals surface area contributed by atoms with Crippen molar-refractivity contribution in [3.8, 4) is 0 Å². The summed E-state index contributed by atoms with van der Waals surface area (Å²) in [6.45, 7) is 2.86. The van der Waals surface area contributed by atoms with Gasteiger partial charge < -0.3 is 0 Å². The molecule has 0 amide bonds. The van der Waals surface area contributed by atoms with Gasteiger partial charge in [-0.2, -0.15) is 0 Å². The van der Waals surface area contributed by atoms with Crippen LogP contribution in [0.25, 0.3) is 0 Å². The van der Waals surface area contributed by atoms with Crippen molar-refractivity contribution in [1.29, 1.82) is 0 Å². The van der Waals surface area contributed by atoms with Crippen LogP contribution in [-0.4, -0.2) is 30.3 Å². The average Bonchev–Trinajstić information content (AvgIpc) is 1.78. The molecule has 0 aromatic rings. The monoisotopic (exact) mass is 250 g/mol. The summed E-state index contributed by atoms with van der Waals surface area (Å²) in [6, 6.07) is 0. The van der Waals surface area contributed by atoms with Crippen LogP contribution >= 0.6 is 0 Å². The fourth-order valence-electron chi connectivity index (χ4n) is 1.03. The first kappa shape index (κ1) is 7.81. The molecule has 9 heavy (non-hydrogen) atoms. The Morgan fingerprint density at radius 3 is 2.00 bits per heavy atom. The van der Waals surface area contributed by atoms with Gasteiger partial charge in [0.25, 0.3) is 0 Å². The van der Waals surface area contributed by atoms with Gasteiger partial charge in [0.1, 0.15) is 0 Å². The third-order valence-electron chi connectivity index (χ3n) is 1.29. The van der Waals surface area contributed by atoms with Crippen LogP contribution in [-0.2, 0) is 6.20 Å². The first-order valence-electron chi connectivity index (χ1n) is 3.22. The molecule has 0 bridgehead atoms. The summed E-state index contributed by atoms with van der Waals surface area (Å²) in [7, 11) is 0. The van der Waals surface area contributed by atoms with E-state index in [2.05, 4.69) is 21.8 Å². The van der Waals surface area contributed by atoms with Crippen LogP contribution < -0.4 is 0 Å². The Morgan fingerprint density at radius 1 is 1.33 bits per heavy atom. The minimum atomic E-state index is -2.78. The zero-order valence-corrected chi connectivity index (χ0v) is 9.10. The predicted octanol–water partition coefficient (Wildman–Crippen LogP) is 1.44. The second-order valence-corrected chi connectivity index (χ2v) is 19.4. The minimum absolute atomic E-state index is 0.326. The predicted molar refractivity (Wildman–Crippen MR) is 41.2 cm³/mol. The van der Waals surface area contributed by atoms with Gasteiger partial charge in [0.15, 0.2) is 0 Å². The molecule has 1 unspecified atom stereocenters. The van der Waals surface area contributed by atoms with E-state index >= 15 is 0 Å². The van der Waals surface area contributed by atoms with Crippen LogP contribution in [0.1, 0.15) is 6.92 Å². The molecule has 1 heterocycles. The molecule has 0 spiro atoms. The normalized spacial score (nSPS) is 43.6. The van der Waals surface area contributed by atoms with Crippen molar-refractivity contribution < 1.29 is 6.20 Å². The molecule has 0 N–H and O–H groups in total. The second kappa shape index (κ2) is 1.85. The van der Waals surface area contributed by atoms with Crippen LogP contribution in [0, 0.1) is 0 Å². The van der Waals surface area contributed by atoms with Crippen molar-refractivity contribution in [3.63, 3.8) is 0 Å². The van der Waals surface area contributed by atoms with Gasteiger partial charge in [0.05, 0.1) is 0 Å². The van der Waals surface area contributed by atoms with Gasteiger partial charge in [0, 0.05) is 0 Å². The summed E-state index contributed by atoms with van der Waals surface area (Å²) in [4.78, 5) is 6.45. The molecule has 2 nitrogen and oxygen atoms in total. The molecule has 1 aliphatic heterocycles. The molecule has 1 rings (SSSR count). The van der Waals surface area contributed by atoms with E-state index in [1.165, 1.54) is 0 Å². The Kier molecular flexibility index (Phi) is 1.61. The first-order chi connectivity index (χ1) is 3.87. The van der Waals surface area contributed by atoms with Crippen LogP contribution in [0.4, 0.5) is 0 Å². The molecule has 0 radical (unpaired) electrons. The van der Waals surface area contributed by atoms with Crippen molar-refractivity contribution in [1.82, 2.24) is 0 Å². The fourth-order valence-corrected chi connectivity index (χ4v) is 6.93. The standard InChI is InChI=1S/C6H16O2Te/c1-6-5-7-9(2,3,4)8-6/h6,9H,5H2,1-4H3. The molecule has 1 atom stereocenters. The Bertz CT molecular complexity index is 125. The zero-order valence-electron chi connectivity index (χ0n) is 6.55. The number of rotatable bonds is 0. The van der Waals surface area contributed by atoms with Gasteiger partial charge in [-0.25, -0.2) is 0 Å².